The van der Waals surface area contributed by atoms with Crippen LogP contribution >= 0.6 is 0 Å². The predicted octanol–water partition coefficient (Wildman–Crippen LogP) is 4.99. The Labute approximate surface area is 150 Å². The Hall–Kier alpha value is -2.42. The van der Waals surface area contributed by atoms with Crippen LogP contribution in [0.4, 0.5) is 5.69 Å². The van der Waals surface area contributed by atoms with Gasteiger partial charge in [-0.3, -0.25) is 9.78 Å². The molecule has 130 valence electrons. The summed E-state index contributed by atoms with van der Waals surface area (Å²) < 4.78 is 0. The third-order valence-electron chi connectivity index (χ3n) is 4.91. The van der Waals surface area contributed by atoms with Gasteiger partial charge in [0.15, 0.2) is 0 Å². The number of benzene rings is 1. The molecule has 1 aliphatic rings. The standard InChI is InChI=1S/C22H26N2O/c1-16(2)12-14-24-19-11-6-5-9-17(19)22(3,4)21(24)15-20(25)18-10-7-8-13-23-18/h5-11,13,15-16H,12,14H2,1-4H3/b21-15-. The van der Waals surface area contributed by atoms with E-state index in [4.69, 9.17) is 0 Å². The molecule has 1 aromatic heterocycles. The molecule has 2 aromatic rings. The van der Waals surface area contributed by atoms with E-state index >= 15 is 0 Å². The molecule has 0 saturated heterocycles. The number of carbonyl (C=O) groups is 1. The Morgan fingerprint density at radius 3 is 2.56 bits per heavy atom. The number of nitrogens with zero attached hydrogens (tertiary/aromatic N) is 2. The molecule has 25 heavy (non-hydrogen) atoms. The number of rotatable bonds is 5. The van der Waals surface area contributed by atoms with E-state index in [1.807, 2.05) is 12.1 Å². The molecule has 0 amide bonds. The first-order valence-electron chi connectivity index (χ1n) is 8.96. The molecule has 3 rings (SSSR count). The second-order valence-corrected chi connectivity index (χ2v) is 7.59. The number of hydrogen-bond donors (Lipinski definition) is 0. The number of anilines is 1. The maximum atomic E-state index is 12.8. The molecule has 3 heteroatoms. The van der Waals surface area contributed by atoms with E-state index in [2.05, 4.69) is 61.8 Å². The van der Waals surface area contributed by atoms with Crippen LogP contribution in [0.25, 0.3) is 0 Å². The molecule has 0 unspecified atom stereocenters. The van der Waals surface area contributed by atoms with E-state index in [1.165, 1.54) is 11.3 Å². The van der Waals surface area contributed by atoms with Crippen molar-refractivity contribution in [2.24, 2.45) is 5.92 Å². The van der Waals surface area contributed by atoms with Gasteiger partial charge >= 0.3 is 0 Å². The van der Waals surface area contributed by atoms with Crippen molar-refractivity contribution in [2.75, 3.05) is 11.4 Å². The maximum Gasteiger partial charge on any atom is 0.205 e. The van der Waals surface area contributed by atoms with E-state index in [9.17, 15) is 4.79 Å². The molecule has 1 aromatic carbocycles. The number of pyridine rings is 1. The highest BCUT2D eigenvalue weighted by Gasteiger charge is 2.40. The summed E-state index contributed by atoms with van der Waals surface area (Å²) in [6.07, 6.45) is 4.53. The van der Waals surface area contributed by atoms with E-state index < -0.39 is 0 Å². The summed E-state index contributed by atoms with van der Waals surface area (Å²) in [6, 6.07) is 13.9. The Kier molecular flexibility index (Phi) is 4.76. The van der Waals surface area contributed by atoms with E-state index in [-0.39, 0.29) is 11.2 Å². The van der Waals surface area contributed by atoms with Crippen molar-refractivity contribution in [3.63, 3.8) is 0 Å². The minimum absolute atomic E-state index is 0.0361. The molecule has 0 N–H and O–H groups in total. The van der Waals surface area contributed by atoms with Crippen LogP contribution in [0.2, 0.25) is 0 Å². The van der Waals surface area contributed by atoms with Gasteiger partial charge in [0.1, 0.15) is 5.69 Å². The fraction of sp³-hybridized carbons (Fsp3) is 0.364. The third kappa shape index (κ3) is 3.37. The summed E-state index contributed by atoms with van der Waals surface area (Å²) in [5.41, 5.74) is 3.85. The predicted molar refractivity (Wildman–Crippen MR) is 103 cm³/mol. The van der Waals surface area contributed by atoms with Crippen LogP contribution in [0.5, 0.6) is 0 Å². The summed E-state index contributed by atoms with van der Waals surface area (Å²) >= 11 is 0. The lowest BCUT2D eigenvalue weighted by Gasteiger charge is -2.27. The number of allylic oxidation sites excluding steroid dienone is 2. The Morgan fingerprint density at radius 1 is 1.16 bits per heavy atom. The first-order chi connectivity index (χ1) is 11.9. The van der Waals surface area contributed by atoms with Crippen molar-refractivity contribution in [3.05, 3.63) is 71.7 Å². The molecule has 1 aliphatic heterocycles. The smallest absolute Gasteiger partial charge is 0.205 e. The lowest BCUT2D eigenvalue weighted by Crippen LogP contribution is -2.28. The van der Waals surface area contributed by atoms with Gasteiger partial charge in [0, 0.05) is 35.6 Å². The van der Waals surface area contributed by atoms with Crippen LogP contribution in [0, 0.1) is 5.92 Å². The molecular weight excluding hydrogens is 308 g/mol. The molecule has 0 spiro atoms. The average molecular weight is 334 g/mol. The first-order valence-corrected chi connectivity index (χ1v) is 8.96. The minimum atomic E-state index is -0.196. The van der Waals surface area contributed by atoms with Crippen LogP contribution in [-0.4, -0.2) is 17.3 Å². The third-order valence-corrected chi connectivity index (χ3v) is 4.91. The molecule has 0 radical (unpaired) electrons. The van der Waals surface area contributed by atoms with Crippen LogP contribution in [0.15, 0.2) is 60.4 Å². The van der Waals surface area contributed by atoms with Gasteiger partial charge in [0.25, 0.3) is 0 Å². The highest BCUT2D eigenvalue weighted by molar-refractivity contribution is 6.04. The van der Waals surface area contributed by atoms with Gasteiger partial charge in [0.2, 0.25) is 5.78 Å². The largest absolute Gasteiger partial charge is 0.344 e. The normalized spacial score (nSPS) is 17.2. The van der Waals surface area contributed by atoms with Crippen molar-refractivity contribution >= 4 is 11.5 Å². The fourth-order valence-corrected chi connectivity index (χ4v) is 3.44. The van der Waals surface area contributed by atoms with Crippen molar-refractivity contribution in [1.82, 2.24) is 4.98 Å². The number of aromatic nitrogens is 1. The van der Waals surface area contributed by atoms with Crippen LogP contribution in [0.1, 0.15) is 50.2 Å². The lowest BCUT2D eigenvalue weighted by molar-refractivity contribution is 0.104. The van der Waals surface area contributed by atoms with E-state index in [1.54, 1.807) is 18.3 Å². The van der Waals surface area contributed by atoms with Crippen LogP contribution in [0.3, 0.4) is 0 Å². The molecule has 0 atom stereocenters. The molecule has 3 nitrogen and oxygen atoms in total. The molecule has 2 heterocycles. The number of hydrogen-bond acceptors (Lipinski definition) is 3. The number of ketones is 1. The zero-order chi connectivity index (χ0) is 18.0. The quantitative estimate of drug-likeness (QED) is 0.570. The van der Waals surface area contributed by atoms with Crippen molar-refractivity contribution in [1.29, 1.82) is 0 Å². The second kappa shape index (κ2) is 6.83. The fourth-order valence-electron chi connectivity index (χ4n) is 3.44. The molecule has 0 bridgehead atoms. The summed E-state index contributed by atoms with van der Waals surface area (Å²) in [5.74, 6) is 0.578. The SMILES string of the molecule is CC(C)CCN1/C(=C\C(=O)c2ccccn2)C(C)(C)c2ccccc21. The molecule has 0 fully saturated rings. The topological polar surface area (TPSA) is 33.2 Å². The molecule has 0 saturated carbocycles. The van der Waals surface area contributed by atoms with Crippen molar-refractivity contribution in [3.8, 4) is 0 Å². The van der Waals surface area contributed by atoms with Gasteiger partial charge in [-0.2, -0.15) is 0 Å². The van der Waals surface area contributed by atoms with E-state index in [0.717, 1.165) is 18.7 Å². The van der Waals surface area contributed by atoms with Crippen molar-refractivity contribution in [2.45, 2.75) is 39.5 Å². The monoisotopic (exact) mass is 334 g/mol. The first kappa shape index (κ1) is 17.4. The van der Waals surface area contributed by atoms with Gasteiger partial charge in [-0.15, -0.1) is 0 Å². The minimum Gasteiger partial charge on any atom is -0.344 e. The highest BCUT2D eigenvalue weighted by Crippen LogP contribution is 2.47. The summed E-state index contributed by atoms with van der Waals surface area (Å²) in [5, 5.41) is 0. The summed E-state index contributed by atoms with van der Waals surface area (Å²) in [7, 11) is 0. The maximum absolute atomic E-state index is 12.8. The number of carbonyl (C=O) groups excluding carboxylic acids is 1. The number of fused-ring (bicyclic) bond motifs is 1. The van der Waals surface area contributed by atoms with E-state index in [0.29, 0.717) is 11.6 Å². The molecule has 0 aliphatic carbocycles. The zero-order valence-electron chi connectivity index (χ0n) is 15.5. The van der Waals surface area contributed by atoms with Gasteiger partial charge in [0.05, 0.1) is 0 Å². The lowest BCUT2D eigenvalue weighted by atomic mass is 9.83. The van der Waals surface area contributed by atoms with Crippen LogP contribution < -0.4 is 4.90 Å². The zero-order valence-corrected chi connectivity index (χ0v) is 15.5. The van der Waals surface area contributed by atoms with Crippen molar-refractivity contribution < 1.29 is 4.79 Å². The van der Waals surface area contributed by atoms with Gasteiger partial charge < -0.3 is 4.90 Å². The van der Waals surface area contributed by atoms with Gasteiger partial charge in [-0.05, 0) is 36.1 Å². The summed E-state index contributed by atoms with van der Waals surface area (Å²) in [4.78, 5) is 19.3. The highest BCUT2D eigenvalue weighted by atomic mass is 16.1. The average Bonchev–Trinajstić information content (AvgIpc) is 2.81. The second-order valence-electron chi connectivity index (χ2n) is 7.59. The Morgan fingerprint density at radius 2 is 1.88 bits per heavy atom. The Bertz CT molecular complexity index is 791. The molecular formula is C22H26N2O. The van der Waals surface area contributed by atoms with Gasteiger partial charge in [-0.25, -0.2) is 0 Å². The number of para-hydroxylation sites is 1. The summed E-state index contributed by atoms with van der Waals surface area (Å²) in [6.45, 7) is 9.77. The Balaban J connectivity index is 2.03. The van der Waals surface area contributed by atoms with Crippen LogP contribution in [-0.2, 0) is 5.41 Å². The van der Waals surface area contributed by atoms with Gasteiger partial charge in [-0.1, -0.05) is 52.0 Å².